The zero-order valence-electron chi connectivity index (χ0n) is 11.4. The molecule has 1 N–H and O–H groups in total. The van der Waals surface area contributed by atoms with Crippen LogP contribution in [0.5, 0.6) is 0 Å². The van der Waals surface area contributed by atoms with E-state index in [-0.39, 0.29) is 5.91 Å². The highest BCUT2D eigenvalue weighted by atomic mass is 35.5. The van der Waals surface area contributed by atoms with Crippen LogP contribution in [-0.4, -0.2) is 25.5 Å². The standard InChI is InChI=1S/C15H18ClNO3/c1-20-15(19)7-2-3-10-17-14(18)9-8-12-5-4-6-13(16)11-12/h2,4-7,11H,3,8-10H2,1H3,(H,17,18)/b7-2+. The number of carbonyl (C=O) groups excluding carboxylic acids is 2. The molecular weight excluding hydrogens is 278 g/mol. The monoisotopic (exact) mass is 295 g/mol. The number of hydrogen-bond acceptors (Lipinski definition) is 3. The van der Waals surface area contributed by atoms with Gasteiger partial charge < -0.3 is 10.1 Å². The maximum absolute atomic E-state index is 11.6. The fourth-order valence-corrected chi connectivity index (χ4v) is 1.79. The summed E-state index contributed by atoms with van der Waals surface area (Å²) in [5.41, 5.74) is 1.04. The topological polar surface area (TPSA) is 55.4 Å². The molecule has 20 heavy (non-hydrogen) atoms. The predicted octanol–water partition coefficient (Wildman–Crippen LogP) is 2.51. The Labute approximate surface area is 123 Å². The zero-order chi connectivity index (χ0) is 14.8. The third-order valence-corrected chi connectivity index (χ3v) is 2.85. The predicted molar refractivity (Wildman–Crippen MR) is 78.6 cm³/mol. The molecule has 4 nitrogen and oxygen atoms in total. The number of aryl methyl sites for hydroxylation is 1. The van der Waals surface area contributed by atoms with Gasteiger partial charge in [0.15, 0.2) is 0 Å². The minimum atomic E-state index is -0.391. The Balaban J connectivity index is 2.18. The summed E-state index contributed by atoms with van der Waals surface area (Å²) in [6.45, 7) is 0.502. The molecule has 0 radical (unpaired) electrons. The van der Waals surface area contributed by atoms with Gasteiger partial charge in [-0.05, 0) is 30.5 Å². The fraction of sp³-hybridized carbons (Fsp3) is 0.333. The fourth-order valence-electron chi connectivity index (χ4n) is 1.58. The molecule has 1 aromatic rings. The third kappa shape index (κ3) is 6.95. The van der Waals surface area contributed by atoms with Crippen LogP contribution in [-0.2, 0) is 20.7 Å². The van der Waals surface area contributed by atoms with E-state index in [9.17, 15) is 9.59 Å². The second-order valence-electron chi connectivity index (χ2n) is 4.19. The van der Waals surface area contributed by atoms with E-state index in [0.29, 0.717) is 30.8 Å². The van der Waals surface area contributed by atoms with E-state index in [1.54, 1.807) is 12.1 Å². The molecule has 0 bridgehead atoms. The van der Waals surface area contributed by atoms with Crippen molar-refractivity contribution >= 4 is 23.5 Å². The molecule has 1 amide bonds. The van der Waals surface area contributed by atoms with Crippen molar-refractivity contribution in [3.63, 3.8) is 0 Å². The first kappa shape index (κ1) is 16.2. The molecule has 0 fully saturated rings. The maximum Gasteiger partial charge on any atom is 0.330 e. The van der Waals surface area contributed by atoms with E-state index in [1.807, 2.05) is 18.2 Å². The first-order chi connectivity index (χ1) is 9.61. The van der Waals surface area contributed by atoms with Crippen molar-refractivity contribution in [2.24, 2.45) is 0 Å². The van der Waals surface area contributed by atoms with Crippen LogP contribution in [0.25, 0.3) is 0 Å². The summed E-state index contributed by atoms with van der Waals surface area (Å²) in [7, 11) is 1.32. The average molecular weight is 296 g/mol. The van der Waals surface area contributed by atoms with E-state index in [1.165, 1.54) is 13.2 Å². The molecule has 0 saturated carbocycles. The Hall–Kier alpha value is -1.81. The number of ether oxygens (including phenoxy) is 1. The van der Waals surface area contributed by atoms with Gasteiger partial charge in [0.1, 0.15) is 0 Å². The molecule has 0 aliphatic heterocycles. The van der Waals surface area contributed by atoms with Crippen molar-refractivity contribution < 1.29 is 14.3 Å². The second-order valence-corrected chi connectivity index (χ2v) is 4.63. The van der Waals surface area contributed by atoms with Crippen LogP contribution in [0.4, 0.5) is 0 Å². The Bertz CT molecular complexity index is 486. The van der Waals surface area contributed by atoms with Crippen molar-refractivity contribution in [3.8, 4) is 0 Å². The summed E-state index contributed by atoms with van der Waals surface area (Å²) in [5.74, 6) is -0.409. The number of amides is 1. The molecule has 5 heteroatoms. The molecule has 108 valence electrons. The smallest absolute Gasteiger partial charge is 0.330 e. The molecule has 0 aliphatic rings. The summed E-state index contributed by atoms with van der Waals surface area (Å²) < 4.78 is 4.45. The number of carbonyl (C=O) groups is 2. The van der Waals surface area contributed by atoms with Crippen LogP contribution in [0, 0.1) is 0 Å². The number of esters is 1. The third-order valence-electron chi connectivity index (χ3n) is 2.62. The summed E-state index contributed by atoms with van der Waals surface area (Å²) in [4.78, 5) is 22.4. The van der Waals surface area contributed by atoms with Gasteiger partial charge in [-0.2, -0.15) is 0 Å². The second kappa shape index (κ2) is 9.15. The number of nitrogens with one attached hydrogen (secondary N) is 1. The van der Waals surface area contributed by atoms with Gasteiger partial charge in [-0.3, -0.25) is 4.79 Å². The largest absolute Gasteiger partial charge is 0.466 e. The normalized spacial score (nSPS) is 10.5. The number of methoxy groups -OCH3 is 1. The summed E-state index contributed by atoms with van der Waals surface area (Å²) in [6, 6.07) is 7.47. The van der Waals surface area contributed by atoms with E-state index >= 15 is 0 Å². The van der Waals surface area contributed by atoms with Crippen molar-refractivity contribution in [2.45, 2.75) is 19.3 Å². The maximum atomic E-state index is 11.6. The number of rotatable bonds is 7. The Kier molecular flexibility index (Phi) is 7.43. The highest BCUT2D eigenvalue weighted by Gasteiger charge is 2.01. The van der Waals surface area contributed by atoms with Crippen LogP contribution in [0.3, 0.4) is 0 Å². The lowest BCUT2D eigenvalue weighted by molar-refractivity contribution is -0.134. The Morgan fingerprint density at radius 2 is 2.20 bits per heavy atom. The molecule has 0 aliphatic carbocycles. The Morgan fingerprint density at radius 1 is 1.40 bits per heavy atom. The first-order valence-corrected chi connectivity index (χ1v) is 6.75. The van der Waals surface area contributed by atoms with E-state index in [0.717, 1.165) is 5.56 Å². The van der Waals surface area contributed by atoms with Gasteiger partial charge in [0.05, 0.1) is 7.11 Å². The molecule has 1 rings (SSSR count). The van der Waals surface area contributed by atoms with Gasteiger partial charge in [0.25, 0.3) is 0 Å². The lowest BCUT2D eigenvalue weighted by Gasteiger charge is -2.04. The quantitative estimate of drug-likeness (QED) is 0.478. The average Bonchev–Trinajstić information content (AvgIpc) is 2.44. The van der Waals surface area contributed by atoms with E-state index in [4.69, 9.17) is 11.6 Å². The summed E-state index contributed by atoms with van der Waals surface area (Å²) >= 11 is 5.87. The number of hydrogen-bond donors (Lipinski definition) is 1. The van der Waals surface area contributed by atoms with Gasteiger partial charge in [-0.15, -0.1) is 0 Å². The SMILES string of the molecule is COC(=O)/C=C/CCNC(=O)CCc1cccc(Cl)c1. The van der Waals surface area contributed by atoms with Crippen LogP contribution in [0.2, 0.25) is 5.02 Å². The summed E-state index contributed by atoms with van der Waals surface area (Å²) in [5, 5.41) is 3.46. The number of benzene rings is 1. The summed E-state index contributed by atoms with van der Waals surface area (Å²) in [6.07, 6.45) is 4.69. The zero-order valence-corrected chi connectivity index (χ0v) is 12.2. The minimum Gasteiger partial charge on any atom is -0.466 e. The lowest BCUT2D eigenvalue weighted by atomic mass is 10.1. The van der Waals surface area contributed by atoms with Crippen molar-refractivity contribution in [1.82, 2.24) is 5.32 Å². The van der Waals surface area contributed by atoms with Crippen molar-refractivity contribution in [3.05, 3.63) is 47.0 Å². The van der Waals surface area contributed by atoms with Gasteiger partial charge in [-0.1, -0.05) is 29.8 Å². The molecule has 0 saturated heterocycles. The van der Waals surface area contributed by atoms with Crippen LogP contribution in [0.1, 0.15) is 18.4 Å². The van der Waals surface area contributed by atoms with Crippen LogP contribution < -0.4 is 5.32 Å². The van der Waals surface area contributed by atoms with Gasteiger partial charge >= 0.3 is 5.97 Å². The van der Waals surface area contributed by atoms with Gasteiger partial charge in [-0.25, -0.2) is 4.79 Å². The molecule has 0 heterocycles. The Morgan fingerprint density at radius 3 is 2.90 bits per heavy atom. The minimum absolute atomic E-state index is 0.0172. The van der Waals surface area contributed by atoms with Crippen molar-refractivity contribution in [2.75, 3.05) is 13.7 Å². The molecule has 0 aromatic heterocycles. The lowest BCUT2D eigenvalue weighted by Crippen LogP contribution is -2.24. The van der Waals surface area contributed by atoms with Crippen LogP contribution >= 0.6 is 11.6 Å². The van der Waals surface area contributed by atoms with Gasteiger partial charge in [0, 0.05) is 24.1 Å². The van der Waals surface area contributed by atoms with E-state index in [2.05, 4.69) is 10.1 Å². The highest BCUT2D eigenvalue weighted by Crippen LogP contribution is 2.11. The molecule has 1 aromatic carbocycles. The van der Waals surface area contributed by atoms with Gasteiger partial charge in [0.2, 0.25) is 5.91 Å². The molecular formula is C15H18ClNO3. The van der Waals surface area contributed by atoms with Crippen molar-refractivity contribution in [1.29, 1.82) is 0 Å². The number of halogens is 1. The first-order valence-electron chi connectivity index (χ1n) is 6.37. The molecule has 0 spiro atoms. The van der Waals surface area contributed by atoms with E-state index < -0.39 is 5.97 Å². The molecule has 0 atom stereocenters. The molecule has 0 unspecified atom stereocenters. The van der Waals surface area contributed by atoms with Crippen LogP contribution in [0.15, 0.2) is 36.4 Å². The highest BCUT2D eigenvalue weighted by molar-refractivity contribution is 6.30.